The van der Waals surface area contributed by atoms with E-state index in [9.17, 15) is 4.79 Å². The minimum absolute atomic E-state index is 0.139. The van der Waals surface area contributed by atoms with E-state index in [-0.39, 0.29) is 24.1 Å². The van der Waals surface area contributed by atoms with E-state index in [0.717, 1.165) is 49.8 Å². The monoisotopic (exact) mass is 446 g/mol. The van der Waals surface area contributed by atoms with Gasteiger partial charge in [-0.1, -0.05) is 25.4 Å². The molecular formula is C22H31ClN6O2. The van der Waals surface area contributed by atoms with Gasteiger partial charge in [-0.25, -0.2) is 9.78 Å². The Morgan fingerprint density at radius 1 is 1.23 bits per heavy atom. The van der Waals surface area contributed by atoms with Crippen LogP contribution < -0.4 is 16.0 Å². The maximum absolute atomic E-state index is 12.5. The van der Waals surface area contributed by atoms with E-state index in [1.54, 1.807) is 6.20 Å². The zero-order valence-corrected chi connectivity index (χ0v) is 18.9. The number of nitrogens with one attached hydrogen (secondary N) is 3. The fourth-order valence-corrected chi connectivity index (χ4v) is 4.84. The minimum atomic E-state index is -0.256. The van der Waals surface area contributed by atoms with Gasteiger partial charge in [-0.2, -0.15) is 5.10 Å². The van der Waals surface area contributed by atoms with Crippen LogP contribution >= 0.6 is 11.6 Å². The molecule has 9 heteroatoms. The summed E-state index contributed by atoms with van der Waals surface area (Å²) in [6.45, 7) is 6.11. The number of fused-ring (bicyclic) bond motifs is 1. The quantitative estimate of drug-likeness (QED) is 0.545. The van der Waals surface area contributed by atoms with Crippen LogP contribution in [-0.2, 0) is 13.0 Å². The average Bonchev–Trinajstić information content (AvgIpc) is 3.24. The molecule has 0 unspecified atom stereocenters. The molecule has 168 valence electrons. The molecule has 0 atom stereocenters. The van der Waals surface area contributed by atoms with Crippen molar-refractivity contribution in [1.29, 1.82) is 0 Å². The summed E-state index contributed by atoms with van der Waals surface area (Å²) in [5.41, 5.74) is 3.17. The van der Waals surface area contributed by atoms with E-state index in [0.29, 0.717) is 23.4 Å². The molecule has 2 aromatic rings. The standard InChI is InChI=1S/C22H31ClN6O2/c1-22(2)10-19-17(11-26-29(19)13-22)16-9-20(25-12-18(16)23)28-21(31)27-15-5-3-14(4-6-15)24-7-8-30/h9,11-12,14-15,24,30H,3-8,10,13H2,1-2H3,(H2,25,27,28,31). The number of halogens is 1. The fourth-order valence-electron chi connectivity index (χ4n) is 4.63. The van der Waals surface area contributed by atoms with Crippen molar-refractivity contribution in [3.05, 3.63) is 29.2 Å². The maximum atomic E-state index is 12.5. The number of aliphatic hydroxyl groups excluding tert-OH is 1. The summed E-state index contributed by atoms with van der Waals surface area (Å²) in [4.78, 5) is 16.8. The Morgan fingerprint density at radius 2 is 1.97 bits per heavy atom. The lowest BCUT2D eigenvalue weighted by molar-refractivity contribution is 0.236. The number of anilines is 1. The van der Waals surface area contributed by atoms with Gasteiger partial charge in [-0.05, 0) is 43.6 Å². The van der Waals surface area contributed by atoms with Crippen LogP contribution in [0, 0.1) is 5.41 Å². The average molecular weight is 447 g/mol. The molecule has 4 N–H and O–H groups in total. The van der Waals surface area contributed by atoms with Gasteiger partial charge >= 0.3 is 6.03 Å². The van der Waals surface area contributed by atoms with Crippen LogP contribution in [0.3, 0.4) is 0 Å². The van der Waals surface area contributed by atoms with Gasteiger partial charge in [0.1, 0.15) is 5.82 Å². The molecule has 1 saturated carbocycles. The highest BCUT2D eigenvalue weighted by Crippen LogP contribution is 2.39. The number of carbonyl (C=O) groups excluding carboxylic acids is 1. The van der Waals surface area contributed by atoms with E-state index < -0.39 is 0 Å². The summed E-state index contributed by atoms with van der Waals surface area (Å²) < 4.78 is 2.04. The van der Waals surface area contributed by atoms with Gasteiger partial charge in [0.15, 0.2) is 0 Å². The highest BCUT2D eigenvalue weighted by atomic mass is 35.5. The number of urea groups is 1. The Bertz CT molecular complexity index is 936. The second-order valence-corrected chi connectivity index (χ2v) is 9.78. The second-order valence-electron chi connectivity index (χ2n) is 9.38. The molecule has 2 aromatic heterocycles. The fraction of sp³-hybridized carbons (Fsp3) is 0.591. The second kappa shape index (κ2) is 9.14. The summed E-state index contributed by atoms with van der Waals surface area (Å²) in [5.74, 6) is 0.465. The van der Waals surface area contributed by atoms with Gasteiger partial charge in [0.25, 0.3) is 0 Å². The van der Waals surface area contributed by atoms with Crippen molar-refractivity contribution in [3.8, 4) is 11.1 Å². The Kier molecular flexibility index (Phi) is 6.50. The molecule has 2 amide bonds. The van der Waals surface area contributed by atoms with E-state index in [2.05, 4.69) is 39.9 Å². The van der Waals surface area contributed by atoms with Crippen LogP contribution in [-0.4, -0.2) is 51.1 Å². The van der Waals surface area contributed by atoms with Crippen molar-refractivity contribution >= 4 is 23.4 Å². The Balaban J connectivity index is 1.38. The Morgan fingerprint density at radius 3 is 2.71 bits per heavy atom. The molecule has 2 aliphatic rings. The van der Waals surface area contributed by atoms with E-state index >= 15 is 0 Å². The lowest BCUT2D eigenvalue weighted by atomic mass is 9.89. The van der Waals surface area contributed by atoms with Crippen LogP contribution in [0.15, 0.2) is 18.5 Å². The van der Waals surface area contributed by atoms with Crippen LogP contribution in [0.4, 0.5) is 10.6 Å². The molecule has 0 bridgehead atoms. The number of nitrogens with zero attached hydrogens (tertiary/aromatic N) is 3. The van der Waals surface area contributed by atoms with E-state index in [4.69, 9.17) is 16.7 Å². The lowest BCUT2D eigenvalue weighted by Gasteiger charge is -2.29. The topological polar surface area (TPSA) is 104 Å². The summed E-state index contributed by atoms with van der Waals surface area (Å²) >= 11 is 6.45. The van der Waals surface area contributed by atoms with Gasteiger partial charge in [0, 0.05) is 48.2 Å². The summed E-state index contributed by atoms with van der Waals surface area (Å²) in [6.07, 6.45) is 8.14. The maximum Gasteiger partial charge on any atom is 0.320 e. The Hall–Kier alpha value is -2.16. The number of rotatable bonds is 6. The largest absolute Gasteiger partial charge is 0.395 e. The first-order chi connectivity index (χ1) is 14.8. The smallest absolute Gasteiger partial charge is 0.320 e. The third-order valence-electron chi connectivity index (χ3n) is 6.17. The number of hydrogen-bond donors (Lipinski definition) is 4. The molecule has 0 spiro atoms. The molecule has 1 aliphatic heterocycles. The van der Waals surface area contributed by atoms with E-state index in [1.165, 1.54) is 5.69 Å². The van der Waals surface area contributed by atoms with Gasteiger partial charge in [-0.3, -0.25) is 10.00 Å². The van der Waals surface area contributed by atoms with E-state index in [1.807, 2.05) is 16.9 Å². The molecule has 0 aromatic carbocycles. The van der Waals surface area contributed by atoms with Crippen molar-refractivity contribution < 1.29 is 9.90 Å². The molecule has 1 fully saturated rings. The van der Waals surface area contributed by atoms with Crippen molar-refractivity contribution in [2.45, 2.75) is 64.6 Å². The van der Waals surface area contributed by atoms with Gasteiger partial charge in [-0.15, -0.1) is 0 Å². The third kappa shape index (κ3) is 5.19. The third-order valence-corrected chi connectivity index (χ3v) is 6.47. The summed E-state index contributed by atoms with van der Waals surface area (Å²) in [7, 11) is 0. The molecule has 8 nitrogen and oxygen atoms in total. The highest BCUT2D eigenvalue weighted by molar-refractivity contribution is 6.33. The van der Waals surface area contributed by atoms with Crippen molar-refractivity contribution in [1.82, 2.24) is 25.4 Å². The van der Waals surface area contributed by atoms with Crippen molar-refractivity contribution in [2.75, 3.05) is 18.5 Å². The number of hydrogen-bond acceptors (Lipinski definition) is 5. The van der Waals surface area contributed by atoms with Crippen LogP contribution in [0.2, 0.25) is 5.02 Å². The normalized spacial score (nSPS) is 22.2. The zero-order chi connectivity index (χ0) is 22.0. The highest BCUT2D eigenvalue weighted by Gasteiger charge is 2.32. The van der Waals surface area contributed by atoms with Crippen LogP contribution in [0.1, 0.15) is 45.2 Å². The number of amides is 2. The first-order valence-electron chi connectivity index (χ1n) is 11.0. The number of aromatic nitrogens is 3. The summed E-state index contributed by atoms with van der Waals surface area (Å²) in [6, 6.07) is 2.12. The molecule has 31 heavy (non-hydrogen) atoms. The van der Waals surface area contributed by atoms with Gasteiger partial charge in [0.2, 0.25) is 0 Å². The molecule has 1 aliphatic carbocycles. The number of pyridine rings is 1. The predicted molar refractivity (Wildman–Crippen MR) is 121 cm³/mol. The minimum Gasteiger partial charge on any atom is -0.395 e. The lowest BCUT2D eigenvalue weighted by Crippen LogP contribution is -2.44. The van der Waals surface area contributed by atoms with Crippen molar-refractivity contribution in [2.24, 2.45) is 5.41 Å². The SMILES string of the molecule is CC1(C)Cc2c(-c3cc(NC(=O)NC4CCC(NCCO)CC4)ncc3Cl)cnn2C1. The van der Waals surface area contributed by atoms with Gasteiger partial charge < -0.3 is 15.7 Å². The van der Waals surface area contributed by atoms with Crippen molar-refractivity contribution in [3.63, 3.8) is 0 Å². The van der Waals surface area contributed by atoms with Crippen LogP contribution in [0.25, 0.3) is 11.1 Å². The number of carbonyl (C=O) groups is 1. The molecule has 0 saturated heterocycles. The first-order valence-corrected chi connectivity index (χ1v) is 11.3. The van der Waals surface area contributed by atoms with Crippen LogP contribution in [0.5, 0.6) is 0 Å². The predicted octanol–water partition coefficient (Wildman–Crippen LogP) is 3.20. The zero-order valence-electron chi connectivity index (χ0n) is 18.1. The first kappa shape index (κ1) is 22.0. The number of aliphatic hydroxyl groups is 1. The molecular weight excluding hydrogens is 416 g/mol. The molecule has 3 heterocycles. The van der Waals surface area contributed by atoms with Gasteiger partial charge in [0.05, 0.1) is 17.8 Å². The molecule has 0 radical (unpaired) electrons. The Labute approximate surface area is 187 Å². The summed E-state index contributed by atoms with van der Waals surface area (Å²) in [5, 5.41) is 23.2. The molecule has 4 rings (SSSR count).